The van der Waals surface area contributed by atoms with Gasteiger partial charge in [0.25, 0.3) is 17.3 Å². The standard InChI is InChI=1S/C23H15N5O7/c1-12(13-5-3-2-4-6-13)32-22(31)26-17-14(11-24)28-35-15(17)7-8-16-25-18-19(33-16)27-20(34-18)23(9-10-23)21(29)30/h2-6,12H,9-10H2,1H3,(H,26,31)(H,29,30). The summed E-state index contributed by atoms with van der Waals surface area (Å²) >= 11 is 0. The molecule has 0 radical (unpaired) electrons. The SMILES string of the molecule is CC(OC(=O)Nc1c(C#N)noc1C#Cc1nc2oc(C3(C(=O)O)CC3)nc2o1)c1ccccc1. The fourth-order valence-electron chi connectivity index (χ4n) is 3.31. The zero-order chi connectivity index (χ0) is 24.6. The number of oxazole rings is 2. The molecule has 1 aliphatic carbocycles. The number of nitriles is 1. The van der Waals surface area contributed by atoms with Gasteiger partial charge in [-0.25, -0.2) is 4.79 Å². The Bertz CT molecular complexity index is 1510. The number of hydrogen-bond acceptors (Lipinski definition) is 10. The number of carbonyl (C=O) groups excluding carboxylic acids is 1. The van der Waals surface area contributed by atoms with Crippen molar-refractivity contribution in [2.75, 3.05) is 5.32 Å². The molecule has 1 saturated carbocycles. The second kappa shape index (κ2) is 8.35. The molecule has 0 saturated heterocycles. The maximum atomic E-state index is 12.4. The van der Waals surface area contributed by atoms with Gasteiger partial charge in [0.2, 0.25) is 17.3 Å². The van der Waals surface area contributed by atoms with Crippen LogP contribution >= 0.6 is 0 Å². The van der Waals surface area contributed by atoms with Gasteiger partial charge in [-0.2, -0.15) is 15.2 Å². The number of carboxylic acids is 1. The number of nitrogens with one attached hydrogen (secondary N) is 1. The number of hydrogen-bond donors (Lipinski definition) is 2. The lowest BCUT2D eigenvalue weighted by molar-refractivity contribution is -0.140. The summed E-state index contributed by atoms with van der Waals surface area (Å²) in [5.74, 6) is 3.95. The van der Waals surface area contributed by atoms with Crippen molar-refractivity contribution in [3.63, 3.8) is 0 Å². The summed E-state index contributed by atoms with van der Waals surface area (Å²) in [5, 5.41) is 24.7. The maximum Gasteiger partial charge on any atom is 0.412 e. The molecule has 12 nitrogen and oxygen atoms in total. The van der Waals surface area contributed by atoms with Crippen molar-refractivity contribution in [3.05, 3.63) is 59.1 Å². The van der Waals surface area contributed by atoms with E-state index in [2.05, 4.69) is 32.3 Å². The highest BCUT2D eigenvalue weighted by Gasteiger charge is 2.56. The first-order chi connectivity index (χ1) is 16.9. The minimum absolute atomic E-state index is 0.00364. The van der Waals surface area contributed by atoms with Crippen LogP contribution in [0.5, 0.6) is 0 Å². The number of amides is 1. The summed E-state index contributed by atoms with van der Waals surface area (Å²) in [7, 11) is 0. The quantitative estimate of drug-likeness (QED) is 0.405. The predicted molar refractivity (Wildman–Crippen MR) is 115 cm³/mol. The van der Waals surface area contributed by atoms with E-state index >= 15 is 0 Å². The van der Waals surface area contributed by atoms with E-state index in [9.17, 15) is 20.0 Å². The smallest absolute Gasteiger partial charge is 0.412 e. The van der Waals surface area contributed by atoms with Crippen LogP contribution in [0.25, 0.3) is 11.4 Å². The molecule has 1 atom stereocenters. The van der Waals surface area contributed by atoms with Crippen LogP contribution in [-0.4, -0.2) is 32.3 Å². The van der Waals surface area contributed by atoms with E-state index in [0.717, 1.165) is 5.56 Å². The molecule has 1 amide bonds. The van der Waals surface area contributed by atoms with Crippen molar-refractivity contribution in [3.8, 4) is 17.9 Å². The molecule has 0 bridgehead atoms. The van der Waals surface area contributed by atoms with Crippen molar-refractivity contribution in [2.24, 2.45) is 0 Å². The van der Waals surface area contributed by atoms with Crippen LogP contribution < -0.4 is 5.32 Å². The molecule has 4 aromatic rings. The Morgan fingerprint density at radius 1 is 1.17 bits per heavy atom. The first kappa shape index (κ1) is 21.7. The van der Waals surface area contributed by atoms with Crippen LogP contribution in [0.4, 0.5) is 10.5 Å². The minimum atomic E-state index is -1.13. The molecule has 1 aromatic carbocycles. The lowest BCUT2D eigenvalue weighted by Gasteiger charge is -2.13. The monoisotopic (exact) mass is 473 g/mol. The molecule has 0 spiro atoms. The van der Waals surface area contributed by atoms with Gasteiger partial charge in [-0.1, -0.05) is 35.5 Å². The summed E-state index contributed by atoms with van der Waals surface area (Å²) in [5.41, 5.74) is -0.606. The third kappa shape index (κ3) is 4.05. The topological polar surface area (TPSA) is 178 Å². The third-order valence-electron chi connectivity index (χ3n) is 5.41. The van der Waals surface area contributed by atoms with E-state index in [0.29, 0.717) is 12.8 Å². The summed E-state index contributed by atoms with van der Waals surface area (Å²) in [6.07, 6.45) is -0.533. The Balaban J connectivity index is 1.33. The zero-order valence-corrected chi connectivity index (χ0v) is 18.1. The summed E-state index contributed by atoms with van der Waals surface area (Å²) in [6.45, 7) is 1.70. The lowest BCUT2D eigenvalue weighted by atomic mass is 10.1. The van der Waals surface area contributed by atoms with E-state index < -0.39 is 23.6 Å². The molecule has 5 rings (SSSR count). The Morgan fingerprint density at radius 2 is 1.91 bits per heavy atom. The Morgan fingerprint density at radius 3 is 2.57 bits per heavy atom. The number of ether oxygens (including phenoxy) is 1. The summed E-state index contributed by atoms with van der Waals surface area (Å²) < 4.78 is 21.3. The van der Waals surface area contributed by atoms with Crippen LogP contribution in [0.3, 0.4) is 0 Å². The van der Waals surface area contributed by atoms with E-state index in [-0.39, 0.29) is 40.4 Å². The van der Waals surface area contributed by atoms with Crippen molar-refractivity contribution >= 4 is 29.2 Å². The average molecular weight is 473 g/mol. The average Bonchev–Trinajstić information content (AvgIpc) is 3.24. The fourth-order valence-corrected chi connectivity index (χ4v) is 3.31. The largest absolute Gasteiger partial charge is 0.480 e. The fraction of sp³-hybridized carbons (Fsp3) is 0.217. The number of aromatic nitrogens is 3. The van der Waals surface area contributed by atoms with Gasteiger partial charge in [0.1, 0.15) is 23.3 Å². The van der Waals surface area contributed by atoms with Gasteiger partial charge in [-0.15, -0.1) is 0 Å². The molecule has 2 N–H and O–H groups in total. The van der Waals surface area contributed by atoms with Crippen molar-refractivity contribution in [1.82, 2.24) is 15.1 Å². The van der Waals surface area contributed by atoms with Crippen LogP contribution in [0.1, 0.15) is 54.7 Å². The van der Waals surface area contributed by atoms with E-state index in [1.54, 1.807) is 13.0 Å². The number of carbonyl (C=O) groups is 2. The summed E-state index contributed by atoms with van der Waals surface area (Å²) in [4.78, 5) is 31.9. The van der Waals surface area contributed by atoms with Gasteiger partial charge in [-0.3, -0.25) is 10.1 Å². The normalized spacial score (nSPS) is 14.4. The molecular weight excluding hydrogens is 458 g/mol. The van der Waals surface area contributed by atoms with Gasteiger partial charge in [-0.05, 0) is 31.2 Å². The molecule has 1 unspecified atom stereocenters. The van der Waals surface area contributed by atoms with Crippen LogP contribution in [-0.2, 0) is 14.9 Å². The minimum Gasteiger partial charge on any atom is -0.480 e. The number of benzene rings is 1. The number of anilines is 1. The number of rotatable bonds is 5. The maximum absolute atomic E-state index is 12.4. The molecule has 3 heterocycles. The van der Waals surface area contributed by atoms with E-state index in [4.69, 9.17) is 18.1 Å². The molecule has 174 valence electrons. The predicted octanol–water partition coefficient (Wildman–Crippen LogP) is 3.50. The highest BCUT2D eigenvalue weighted by atomic mass is 16.6. The lowest BCUT2D eigenvalue weighted by Crippen LogP contribution is -2.19. The second-order valence-corrected chi connectivity index (χ2v) is 7.72. The van der Waals surface area contributed by atoms with Crippen LogP contribution in [0.15, 0.2) is 43.7 Å². The molecule has 12 heteroatoms. The van der Waals surface area contributed by atoms with Crippen molar-refractivity contribution in [1.29, 1.82) is 5.26 Å². The highest BCUT2D eigenvalue weighted by molar-refractivity contribution is 5.88. The Labute approximate surface area is 196 Å². The Kier molecular flexibility index (Phi) is 5.19. The molecule has 0 aliphatic heterocycles. The van der Waals surface area contributed by atoms with Crippen LogP contribution in [0.2, 0.25) is 0 Å². The zero-order valence-electron chi connectivity index (χ0n) is 18.1. The van der Waals surface area contributed by atoms with Gasteiger partial charge >= 0.3 is 12.1 Å². The summed E-state index contributed by atoms with van der Waals surface area (Å²) in [6, 6.07) is 10.9. The molecule has 1 fully saturated rings. The molecule has 3 aromatic heterocycles. The first-order valence-corrected chi connectivity index (χ1v) is 10.4. The Hall–Kier alpha value is -5.10. The van der Waals surface area contributed by atoms with Crippen molar-refractivity contribution < 1.29 is 32.8 Å². The number of carboxylic acid groups (broad SMARTS) is 1. The van der Waals surface area contributed by atoms with Gasteiger partial charge in [0, 0.05) is 5.92 Å². The van der Waals surface area contributed by atoms with Crippen molar-refractivity contribution in [2.45, 2.75) is 31.3 Å². The third-order valence-corrected chi connectivity index (χ3v) is 5.41. The van der Waals surface area contributed by atoms with Crippen LogP contribution in [0, 0.1) is 23.2 Å². The second-order valence-electron chi connectivity index (χ2n) is 7.72. The van der Waals surface area contributed by atoms with Gasteiger partial charge in [0.15, 0.2) is 0 Å². The molecule has 1 aliphatic rings. The van der Waals surface area contributed by atoms with E-state index in [1.807, 2.05) is 30.3 Å². The number of nitrogens with zero attached hydrogens (tertiary/aromatic N) is 4. The van der Waals surface area contributed by atoms with Gasteiger partial charge in [0.05, 0.1) is 0 Å². The highest BCUT2D eigenvalue weighted by Crippen LogP contribution is 2.48. The van der Waals surface area contributed by atoms with Gasteiger partial charge < -0.3 is 23.2 Å². The first-order valence-electron chi connectivity index (χ1n) is 10.4. The number of fused-ring (bicyclic) bond motifs is 1. The molecule has 35 heavy (non-hydrogen) atoms. The number of aliphatic carboxylic acids is 1. The molecular formula is C23H15N5O7. The van der Waals surface area contributed by atoms with E-state index in [1.165, 1.54) is 0 Å².